The van der Waals surface area contributed by atoms with Crippen LogP contribution in [0.25, 0.3) is 0 Å². The highest BCUT2D eigenvalue weighted by atomic mass is 16.5. The lowest BCUT2D eigenvalue weighted by Crippen LogP contribution is -2.63. The van der Waals surface area contributed by atoms with Crippen LogP contribution in [0.4, 0.5) is 5.69 Å². The standard InChI is InChI=1S/C27H26N2O3/c1-18-12-14-20(15-13-18)28-25(30)24-22-16-27(2,32-23-11-7-6-10-21(22)23)29(26(24)31)17-19-8-4-3-5-9-19/h3-15,22,24H,16-17H2,1-2H3,(H,28,30)/t22-,24-,27-/m1/s1. The summed E-state index contributed by atoms with van der Waals surface area (Å²) in [5.41, 5.74) is 2.91. The lowest BCUT2D eigenvalue weighted by Gasteiger charge is -2.52. The molecule has 3 aromatic carbocycles. The first-order chi connectivity index (χ1) is 15.4. The summed E-state index contributed by atoms with van der Waals surface area (Å²) >= 11 is 0. The van der Waals surface area contributed by atoms with Gasteiger partial charge in [-0.25, -0.2) is 0 Å². The highest BCUT2D eigenvalue weighted by Gasteiger charge is 2.56. The number of fused-ring (bicyclic) bond motifs is 4. The molecule has 0 aromatic heterocycles. The molecule has 0 unspecified atom stereocenters. The number of carbonyl (C=O) groups is 2. The van der Waals surface area contributed by atoms with Crippen molar-refractivity contribution >= 4 is 17.5 Å². The molecule has 0 radical (unpaired) electrons. The van der Waals surface area contributed by atoms with Gasteiger partial charge in [0.1, 0.15) is 11.7 Å². The second-order valence-electron chi connectivity index (χ2n) is 8.87. The number of nitrogens with zero attached hydrogens (tertiary/aromatic N) is 1. The number of anilines is 1. The van der Waals surface area contributed by atoms with E-state index in [2.05, 4.69) is 5.32 Å². The monoisotopic (exact) mass is 426 g/mol. The van der Waals surface area contributed by atoms with Crippen LogP contribution < -0.4 is 10.1 Å². The van der Waals surface area contributed by atoms with E-state index in [1.54, 1.807) is 4.90 Å². The first-order valence-electron chi connectivity index (χ1n) is 11.0. The minimum atomic E-state index is -0.821. The molecule has 0 spiro atoms. The van der Waals surface area contributed by atoms with Gasteiger partial charge in [0.25, 0.3) is 0 Å². The molecule has 2 aliphatic heterocycles. The quantitative estimate of drug-likeness (QED) is 0.605. The van der Waals surface area contributed by atoms with E-state index >= 15 is 0 Å². The van der Waals surface area contributed by atoms with Crippen LogP contribution in [0, 0.1) is 12.8 Å². The van der Waals surface area contributed by atoms with Crippen molar-refractivity contribution in [2.75, 3.05) is 5.32 Å². The number of benzene rings is 3. The fourth-order valence-electron chi connectivity index (χ4n) is 4.88. The van der Waals surface area contributed by atoms with Gasteiger partial charge in [0, 0.05) is 24.6 Å². The minimum absolute atomic E-state index is 0.202. The summed E-state index contributed by atoms with van der Waals surface area (Å²) in [4.78, 5) is 29.0. The molecule has 1 fully saturated rings. The van der Waals surface area contributed by atoms with Gasteiger partial charge in [-0.05, 0) is 43.2 Å². The number of hydrogen-bond acceptors (Lipinski definition) is 3. The van der Waals surface area contributed by atoms with Crippen molar-refractivity contribution in [3.05, 3.63) is 95.6 Å². The summed E-state index contributed by atoms with van der Waals surface area (Å²) in [7, 11) is 0. The number of hydrogen-bond donors (Lipinski definition) is 1. The number of para-hydroxylation sites is 1. The average Bonchev–Trinajstić information content (AvgIpc) is 2.79. The summed E-state index contributed by atoms with van der Waals surface area (Å²) in [5.74, 6) is -0.801. The number of likely N-dealkylation sites (tertiary alicyclic amines) is 1. The van der Waals surface area contributed by atoms with Crippen molar-refractivity contribution in [2.45, 2.75) is 38.5 Å². The van der Waals surface area contributed by atoms with E-state index < -0.39 is 11.6 Å². The van der Waals surface area contributed by atoms with Gasteiger partial charge in [0.05, 0.1) is 0 Å². The molecule has 3 atom stereocenters. The Labute approximate surface area is 188 Å². The van der Waals surface area contributed by atoms with Gasteiger partial charge < -0.3 is 10.1 Å². The third-order valence-corrected chi connectivity index (χ3v) is 6.54. The van der Waals surface area contributed by atoms with Gasteiger partial charge in [-0.1, -0.05) is 66.2 Å². The lowest BCUT2D eigenvalue weighted by molar-refractivity contribution is -0.177. The Bertz CT molecular complexity index is 1160. The maximum atomic E-state index is 13.8. The zero-order chi connectivity index (χ0) is 22.3. The summed E-state index contributed by atoms with van der Waals surface area (Å²) in [6, 6.07) is 25.2. The van der Waals surface area contributed by atoms with Crippen LogP contribution in [0.1, 0.15) is 36.0 Å². The Hall–Kier alpha value is -3.60. The lowest BCUT2D eigenvalue weighted by atomic mass is 9.73. The van der Waals surface area contributed by atoms with Crippen molar-refractivity contribution in [2.24, 2.45) is 5.92 Å². The molecule has 32 heavy (non-hydrogen) atoms. The second kappa shape index (κ2) is 7.83. The second-order valence-corrected chi connectivity index (χ2v) is 8.87. The molecule has 5 nitrogen and oxygen atoms in total. The third-order valence-electron chi connectivity index (χ3n) is 6.54. The highest BCUT2D eigenvalue weighted by molar-refractivity contribution is 6.08. The van der Waals surface area contributed by atoms with Gasteiger partial charge in [-0.2, -0.15) is 0 Å². The molecule has 5 rings (SSSR count). The Morgan fingerprint density at radius 1 is 1.03 bits per heavy atom. The van der Waals surface area contributed by atoms with Gasteiger partial charge in [0.2, 0.25) is 11.8 Å². The van der Waals surface area contributed by atoms with E-state index in [1.807, 2.05) is 92.7 Å². The van der Waals surface area contributed by atoms with Gasteiger partial charge in [-0.3, -0.25) is 14.5 Å². The predicted octanol–water partition coefficient (Wildman–Crippen LogP) is 4.87. The zero-order valence-corrected chi connectivity index (χ0v) is 18.2. The van der Waals surface area contributed by atoms with E-state index in [1.165, 1.54) is 0 Å². The fraction of sp³-hybridized carbons (Fsp3) is 0.259. The summed E-state index contributed by atoms with van der Waals surface area (Å²) in [6.07, 6.45) is 0.564. The Kier molecular flexibility index (Phi) is 4.97. The predicted molar refractivity (Wildman–Crippen MR) is 123 cm³/mol. The van der Waals surface area contributed by atoms with Crippen LogP contribution in [0.15, 0.2) is 78.9 Å². The van der Waals surface area contributed by atoms with E-state index in [0.717, 1.165) is 22.4 Å². The van der Waals surface area contributed by atoms with Crippen molar-refractivity contribution in [1.82, 2.24) is 4.90 Å². The van der Waals surface area contributed by atoms with Gasteiger partial charge >= 0.3 is 0 Å². The molecule has 2 amide bonds. The van der Waals surface area contributed by atoms with E-state index in [-0.39, 0.29) is 17.7 Å². The van der Waals surface area contributed by atoms with Crippen molar-refractivity contribution in [3.63, 3.8) is 0 Å². The number of piperidine rings is 1. The number of nitrogens with one attached hydrogen (secondary N) is 1. The maximum Gasteiger partial charge on any atom is 0.239 e. The molecule has 0 aliphatic carbocycles. The van der Waals surface area contributed by atoms with Crippen LogP contribution in [0.2, 0.25) is 0 Å². The molecule has 3 aromatic rings. The molecule has 1 N–H and O–H groups in total. The molecule has 0 saturated carbocycles. The van der Waals surface area contributed by atoms with E-state index in [9.17, 15) is 9.59 Å². The SMILES string of the molecule is Cc1ccc(NC(=O)[C@@H]2C(=O)N(Cc3ccccc3)[C@@]3(C)C[C@@H]2c2ccccc2O3)cc1. The number of rotatable bonds is 4. The van der Waals surface area contributed by atoms with Crippen LogP contribution in [0.3, 0.4) is 0 Å². The van der Waals surface area contributed by atoms with E-state index in [0.29, 0.717) is 18.7 Å². The molecular formula is C27H26N2O3. The molecular weight excluding hydrogens is 400 g/mol. The van der Waals surface area contributed by atoms with Crippen LogP contribution in [-0.2, 0) is 16.1 Å². The van der Waals surface area contributed by atoms with Crippen molar-refractivity contribution in [3.8, 4) is 5.75 Å². The first kappa shape index (κ1) is 20.3. The smallest absolute Gasteiger partial charge is 0.239 e. The average molecular weight is 427 g/mol. The normalized spacial score (nSPS) is 23.8. The van der Waals surface area contributed by atoms with Crippen LogP contribution in [0.5, 0.6) is 5.75 Å². The maximum absolute atomic E-state index is 13.8. The van der Waals surface area contributed by atoms with Gasteiger partial charge in [-0.15, -0.1) is 0 Å². The largest absolute Gasteiger partial charge is 0.468 e. The number of carbonyl (C=O) groups excluding carboxylic acids is 2. The molecule has 5 heteroatoms. The van der Waals surface area contributed by atoms with E-state index in [4.69, 9.17) is 4.74 Å². The molecule has 1 saturated heterocycles. The summed E-state index contributed by atoms with van der Waals surface area (Å²) < 4.78 is 6.38. The van der Waals surface area contributed by atoms with Crippen LogP contribution >= 0.6 is 0 Å². The Morgan fingerprint density at radius 3 is 2.47 bits per heavy atom. The topological polar surface area (TPSA) is 58.6 Å². The number of aryl methyl sites for hydroxylation is 1. The summed E-state index contributed by atoms with van der Waals surface area (Å²) in [5, 5.41) is 2.97. The molecule has 2 heterocycles. The third kappa shape index (κ3) is 3.54. The fourth-order valence-corrected chi connectivity index (χ4v) is 4.88. The number of amides is 2. The van der Waals surface area contributed by atoms with Crippen molar-refractivity contribution < 1.29 is 14.3 Å². The molecule has 2 aliphatic rings. The summed E-state index contributed by atoms with van der Waals surface area (Å²) in [6.45, 7) is 4.34. The molecule has 2 bridgehead atoms. The van der Waals surface area contributed by atoms with Crippen molar-refractivity contribution in [1.29, 1.82) is 0 Å². The molecule has 162 valence electrons. The Morgan fingerprint density at radius 2 is 1.72 bits per heavy atom. The minimum Gasteiger partial charge on any atom is -0.468 e. The number of ether oxygens (including phenoxy) is 1. The Balaban J connectivity index is 1.53. The van der Waals surface area contributed by atoms with Gasteiger partial charge in [0.15, 0.2) is 5.72 Å². The zero-order valence-electron chi connectivity index (χ0n) is 18.2. The highest BCUT2D eigenvalue weighted by Crippen LogP contribution is 2.50. The van der Waals surface area contributed by atoms with Crippen LogP contribution in [-0.4, -0.2) is 22.4 Å². The first-order valence-corrected chi connectivity index (χ1v) is 11.0.